The number of hydrogen-bond donors (Lipinski definition) is 1. The van der Waals surface area contributed by atoms with E-state index in [1.165, 1.54) is 11.1 Å². The van der Waals surface area contributed by atoms with Gasteiger partial charge < -0.3 is 10.3 Å². The van der Waals surface area contributed by atoms with Crippen molar-refractivity contribution in [2.75, 3.05) is 0 Å². The van der Waals surface area contributed by atoms with Crippen molar-refractivity contribution in [3.63, 3.8) is 0 Å². The monoisotopic (exact) mass is 312 g/mol. The molecule has 0 fully saturated rings. The highest BCUT2D eigenvalue weighted by Gasteiger charge is 2.28. The average molecular weight is 312 g/mol. The van der Waals surface area contributed by atoms with E-state index in [9.17, 15) is 0 Å². The number of benzene rings is 1. The molecular weight excluding hydrogens is 296 g/mol. The van der Waals surface area contributed by atoms with Gasteiger partial charge in [0.15, 0.2) is 5.82 Å². The molecular formula is C16H16N4OS. The molecule has 2 aromatic heterocycles. The van der Waals surface area contributed by atoms with E-state index in [0.29, 0.717) is 12.4 Å². The van der Waals surface area contributed by atoms with Crippen LogP contribution in [0.5, 0.6) is 0 Å². The van der Waals surface area contributed by atoms with Crippen molar-refractivity contribution in [2.24, 2.45) is 5.73 Å². The van der Waals surface area contributed by atoms with Crippen LogP contribution in [-0.4, -0.2) is 15.1 Å². The van der Waals surface area contributed by atoms with Crippen LogP contribution in [0.1, 0.15) is 39.2 Å². The van der Waals surface area contributed by atoms with E-state index >= 15 is 0 Å². The van der Waals surface area contributed by atoms with E-state index in [1.807, 2.05) is 6.92 Å². The maximum absolute atomic E-state index is 5.65. The van der Waals surface area contributed by atoms with Gasteiger partial charge in [0.1, 0.15) is 10.7 Å². The number of aromatic nitrogens is 3. The minimum atomic E-state index is 0.224. The van der Waals surface area contributed by atoms with E-state index in [-0.39, 0.29) is 5.92 Å². The van der Waals surface area contributed by atoms with Gasteiger partial charge in [-0.05, 0) is 30.9 Å². The van der Waals surface area contributed by atoms with Crippen LogP contribution in [0.15, 0.2) is 28.8 Å². The van der Waals surface area contributed by atoms with Gasteiger partial charge in [-0.15, -0.1) is 11.3 Å². The smallest absolute Gasteiger partial charge is 0.277 e. The van der Waals surface area contributed by atoms with Crippen molar-refractivity contribution in [2.45, 2.75) is 32.2 Å². The molecule has 0 spiro atoms. The minimum Gasteiger partial charge on any atom is -0.332 e. The standard InChI is InChI=1S/C16H16N4OS/c1-9-14(18-13(8-17)22-9)16-19-15(20-21-16)12-7-6-10-4-2-3-5-11(10)12/h2-5,12H,6-8,17H2,1H3. The normalized spacial score (nSPS) is 16.9. The second-order valence-corrected chi connectivity index (χ2v) is 6.75. The second kappa shape index (κ2) is 5.30. The highest BCUT2D eigenvalue weighted by Crippen LogP contribution is 2.37. The van der Waals surface area contributed by atoms with Gasteiger partial charge >= 0.3 is 0 Å². The molecule has 0 saturated heterocycles. The lowest BCUT2D eigenvalue weighted by Crippen LogP contribution is -1.98. The van der Waals surface area contributed by atoms with Crippen LogP contribution in [0.2, 0.25) is 0 Å². The molecule has 1 aromatic carbocycles. The van der Waals surface area contributed by atoms with Gasteiger partial charge in [-0.2, -0.15) is 4.98 Å². The highest BCUT2D eigenvalue weighted by molar-refractivity contribution is 7.12. The van der Waals surface area contributed by atoms with Crippen molar-refractivity contribution < 1.29 is 4.52 Å². The maximum atomic E-state index is 5.65. The predicted molar refractivity (Wildman–Crippen MR) is 84.6 cm³/mol. The van der Waals surface area contributed by atoms with E-state index in [0.717, 1.165) is 34.2 Å². The quantitative estimate of drug-likeness (QED) is 0.804. The highest BCUT2D eigenvalue weighted by atomic mass is 32.1. The van der Waals surface area contributed by atoms with Crippen LogP contribution in [0, 0.1) is 6.92 Å². The number of rotatable bonds is 3. The zero-order valence-electron chi connectivity index (χ0n) is 12.2. The third kappa shape index (κ3) is 2.15. The van der Waals surface area contributed by atoms with Gasteiger partial charge in [0.25, 0.3) is 5.89 Å². The molecule has 1 aliphatic rings. The molecule has 1 aliphatic carbocycles. The lowest BCUT2D eigenvalue weighted by molar-refractivity contribution is 0.417. The zero-order valence-corrected chi connectivity index (χ0v) is 13.1. The number of aryl methyl sites for hydroxylation is 2. The Bertz CT molecular complexity index is 823. The van der Waals surface area contributed by atoms with Gasteiger partial charge in [-0.3, -0.25) is 0 Å². The van der Waals surface area contributed by atoms with Crippen LogP contribution in [0.3, 0.4) is 0 Å². The molecule has 2 N–H and O–H groups in total. The summed E-state index contributed by atoms with van der Waals surface area (Å²) in [5.41, 5.74) is 9.10. The predicted octanol–water partition coefficient (Wildman–Crippen LogP) is 3.04. The van der Waals surface area contributed by atoms with Gasteiger partial charge in [0.2, 0.25) is 0 Å². The van der Waals surface area contributed by atoms with Crippen molar-refractivity contribution in [1.29, 1.82) is 0 Å². The minimum absolute atomic E-state index is 0.224. The molecule has 4 rings (SSSR count). The van der Waals surface area contributed by atoms with E-state index < -0.39 is 0 Å². The number of hydrogen-bond acceptors (Lipinski definition) is 6. The first-order valence-corrected chi connectivity index (χ1v) is 8.16. The summed E-state index contributed by atoms with van der Waals surface area (Å²) < 4.78 is 5.46. The molecule has 0 bridgehead atoms. The Kier molecular flexibility index (Phi) is 3.28. The van der Waals surface area contributed by atoms with Crippen molar-refractivity contribution in [3.05, 3.63) is 51.1 Å². The molecule has 6 heteroatoms. The molecule has 5 nitrogen and oxygen atoms in total. The molecule has 1 unspecified atom stereocenters. The summed E-state index contributed by atoms with van der Waals surface area (Å²) in [5.74, 6) is 1.47. The molecule has 0 saturated carbocycles. The van der Waals surface area contributed by atoms with E-state index in [2.05, 4.69) is 39.4 Å². The summed E-state index contributed by atoms with van der Waals surface area (Å²) in [6, 6.07) is 8.48. The van der Waals surface area contributed by atoms with Crippen LogP contribution in [-0.2, 0) is 13.0 Å². The maximum Gasteiger partial charge on any atom is 0.277 e. The summed E-state index contributed by atoms with van der Waals surface area (Å²) in [6.07, 6.45) is 2.10. The Morgan fingerprint density at radius 3 is 3.00 bits per heavy atom. The largest absolute Gasteiger partial charge is 0.332 e. The summed E-state index contributed by atoms with van der Waals surface area (Å²) in [4.78, 5) is 10.1. The van der Waals surface area contributed by atoms with Crippen molar-refractivity contribution in [1.82, 2.24) is 15.1 Å². The summed E-state index contributed by atoms with van der Waals surface area (Å²) in [7, 11) is 0. The first-order chi connectivity index (χ1) is 10.8. The molecule has 1 atom stereocenters. The van der Waals surface area contributed by atoms with Gasteiger partial charge in [-0.1, -0.05) is 29.4 Å². The number of fused-ring (bicyclic) bond motifs is 1. The van der Waals surface area contributed by atoms with Crippen LogP contribution in [0.4, 0.5) is 0 Å². The SMILES string of the molecule is Cc1sc(CN)nc1-c1nc(C2CCc3ccccc32)no1. The molecule has 112 valence electrons. The molecule has 0 amide bonds. The van der Waals surface area contributed by atoms with Crippen LogP contribution < -0.4 is 5.73 Å². The molecule has 0 radical (unpaired) electrons. The van der Waals surface area contributed by atoms with E-state index in [1.54, 1.807) is 11.3 Å². The Hall–Kier alpha value is -2.05. The Balaban J connectivity index is 1.69. The molecule has 22 heavy (non-hydrogen) atoms. The number of thiazole rings is 1. The van der Waals surface area contributed by atoms with Crippen LogP contribution >= 0.6 is 11.3 Å². The van der Waals surface area contributed by atoms with Gasteiger partial charge in [0.05, 0.1) is 0 Å². The third-order valence-electron chi connectivity index (χ3n) is 4.10. The Morgan fingerprint density at radius 2 is 2.18 bits per heavy atom. The van der Waals surface area contributed by atoms with Crippen molar-refractivity contribution >= 4 is 11.3 Å². The molecule has 2 heterocycles. The average Bonchev–Trinajstić information content (AvgIpc) is 3.23. The first-order valence-electron chi connectivity index (χ1n) is 7.34. The van der Waals surface area contributed by atoms with Gasteiger partial charge in [0, 0.05) is 17.3 Å². The lowest BCUT2D eigenvalue weighted by Gasteiger charge is -2.05. The fourth-order valence-corrected chi connectivity index (χ4v) is 3.84. The van der Waals surface area contributed by atoms with Gasteiger partial charge in [-0.25, -0.2) is 4.98 Å². The lowest BCUT2D eigenvalue weighted by atomic mass is 10.0. The fourth-order valence-electron chi connectivity index (χ4n) is 3.03. The first kappa shape index (κ1) is 13.6. The zero-order chi connectivity index (χ0) is 15.1. The summed E-state index contributed by atoms with van der Waals surface area (Å²) in [5, 5.41) is 5.08. The summed E-state index contributed by atoms with van der Waals surface area (Å²) in [6.45, 7) is 2.43. The van der Waals surface area contributed by atoms with E-state index in [4.69, 9.17) is 10.3 Å². The molecule has 0 aliphatic heterocycles. The Labute approximate surface area is 132 Å². The fraction of sp³-hybridized carbons (Fsp3) is 0.312. The molecule has 3 aromatic rings. The topological polar surface area (TPSA) is 77.8 Å². The third-order valence-corrected chi connectivity index (χ3v) is 5.10. The summed E-state index contributed by atoms with van der Waals surface area (Å²) >= 11 is 1.58. The van der Waals surface area contributed by atoms with Crippen molar-refractivity contribution in [3.8, 4) is 11.6 Å². The second-order valence-electron chi connectivity index (χ2n) is 5.46. The number of nitrogens with zero attached hydrogens (tertiary/aromatic N) is 3. The number of nitrogens with two attached hydrogens (primary N) is 1. The Morgan fingerprint density at radius 1 is 1.32 bits per heavy atom. The van der Waals surface area contributed by atoms with Crippen LogP contribution in [0.25, 0.3) is 11.6 Å².